The van der Waals surface area contributed by atoms with Crippen LogP contribution in [0.5, 0.6) is 0 Å². The summed E-state index contributed by atoms with van der Waals surface area (Å²) in [6, 6.07) is 17.4. The summed E-state index contributed by atoms with van der Waals surface area (Å²) >= 11 is 4.27. The number of ether oxygens (including phenoxy) is 1. The van der Waals surface area contributed by atoms with Crippen molar-refractivity contribution in [3.8, 4) is 0 Å². The highest BCUT2D eigenvalue weighted by molar-refractivity contribution is 7.80. The standard InChI is InChI=1S/C17H17NO2S/c19-17(20-13-15-6-2-1-3-7-15)18-11-5-9-14-8-4-10-16(21)12-14/h1-10,12,21H,11,13H2,(H,18,19). The number of alkyl carbamates (subject to hydrolysis) is 1. The third-order valence-corrected chi connectivity index (χ3v) is 3.04. The van der Waals surface area contributed by atoms with Crippen molar-refractivity contribution in [3.05, 3.63) is 71.8 Å². The first-order valence-electron chi connectivity index (χ1n) is 6.64. The molecule has 2 aromatic carbocycles. The molecule has 4 heteroatoms. The Morgan fingerprint density at radius 1 is 1.14 bits per heavy atom. The molecule has 0 unspecified atom stereocenters. The average Bonchev–Trinajstić information content (AvgIpc) is 2.51. The van der Waals surface area contributed by atoms with Crippen LogP contribution >= 0.6 is 12.6 Å². The lowest BCUT2D eigenvalue weighted by molar-refractivity contribution is 0.141. The first-order valence-corrected chi connectivity index (χ1v) is 7.09. The van der Waals surface area contributed by atoms with Gasteiger partial charge in [-0.1, -0.05) is 54.6 Å². The van der Waals surface area contributed by atoms with Gasteiger partial charge in [0.2, 0.25) is 0 Å². The van der Waals surface area contributed by atoms with Crippen LogP contribution in [0.25, 0.3) is 6.08 Å². The zero-order valence-corrected chi connectivity index (χ0v) is 12.4. The minimum absolute atomic E-state index is 0.276. The maximum atomic E-state index is 11.5. The molecule has 0 heterocycles. The van der Waals surface area contributed by atoms with Crippen molar-refractivity contribution in [2.75, 3.05) is 6.54 Å². The number of hydrogen-bond donors (Lipinski definition) is 2. The summed E-state index contributed by atoms with van der Waals surface area (Å²) in [6.45, 7) is 0.697. The topological polar surface area (TPSA) is 38.3 Å². The van der Waals surface area contributed by atoms with E-state index < -0.39 is 6.09 Å². The summed E-state index contributed by atoms with van der Waals surface area (Å²) in [5.74, 6) is 0. The van der Waals surface area contributed by atoms with Crippen LogP contribution in [0.2, 0.25) is 0 Å². The molecule has 0 spiro atoms. The summed E-state index contributed by atoms with van der Waals surface area (Å²) in [7, 11) is 0. The van der Waals surface area contributed by atoms with Crippen LogP contribution in [0.3, 0.4) is 0 Å². The van der Waals surface area contributed by atoms with Gasteiger partial charge in [-0.3, -0.25) is 0 Å². The smallest absolute Gasteiger partial charge is 0.407 e. The Morgan fingerprint density at radius 2 is 1.95 bits per heavy atom. The zero-order chi connectivity index (χ0) is 14.9. The lowest BCUT2D eigenvalue weighted by Gasteiger charge is -2.05. The molecule has 108 valence electrons. The Bertz CT molecular complexity index is 611. The molecule has 2 aromatic rings. The summed E-state index contributed by atoms with van der Waals surface area (Å²) in [5.41, 5.74) is 2.01. The van der Waals surface area contributed by atoms with E-state index in [1.807, 2.05) is 66.7 Å². The first kappa shape index (κ1) is 15.2. The quantitative estimate of drug-likeness (QED) is 0.821. The van der Waals surface area contributed by atoms with Gasteiger partial charge in [0.25, 0.3) is 0 Å². The molecule has 3 nitrogen and oxygen atoms in total. The van der Waals surface area contributed by atoms with Crippen molar-refractivity contribution in [1.29, 1.82) is 0 Å². The molecular formula is C17H17NO2S. The van der Waals surface area contributed by atoms with Crippen molar-refractivity contribution >= 4 is 24.8 Å². The van der Waals surface area contributed by atoms with Gasteiger partial charge in [0.05, 0.1) is 0 Å². The molecule has 1 N–H and O–H groups in total. The minimum Gasteiger partial charge on any atom is -0.445 e. The van der Waals surface area contributed by atoms with Crippen molar-refractivity contribution in [2.45, 2.75) is 11.5 Å². The lowest BCUT2D eigenvalue weighted by Crippen LogP contribution is -2.24. The third kappa shape index (κ3) is 5.75. The van der Waals surface area contributed by atoms with Gasteiger partial charge in [-0.2, -0.15) is 0 Å². The van der Waals surface area contributed by atoms with Crippen LogP contribution in [0.4, 0.5) is 4.79 Å². The number of carbonyl (C=O) groups excluding carboxylic acids is 1. The van der Waals surface area contributed by atoms with E-state index >= 15 is 0 Å². The van der Waals surface area contributed by atoms with Gasteiger partial charge in [-0.05, 0) is 23.3 Å². The normalized spacial score (nSPS) is 10.5. The number of benzene rings is 2. The van der Waals surface area contributed by atoms with Crippen molar-refractivity contribution in [3.63, 3.8) is 0 Å². The monoisotopic (exact) mass is 299 g/mol. The largest absolute Gasteiger partial charge is 0.445 e. The predicted molar refractivity (Wildman–Crippen MR) is 87.4 cm³/mol. The maximum absolute atomic E-state index is 11.5. The van der Waals surface area contributed by atoms with Gasteiger partial charge < -0.3 is 10.1 Å². The fourth-order valence-electron chi connectivity index (χ4n) is 1.74. The molecule has 0 bridgehead atoms. The summed E-state index contributed by atoms with van der Waals surface area (Å²) < 4.78 is 5.10. The van der Waals surface area contributed by atoms with Crippen LogP contribution in [-0.4, -0.2) is 12.6 Å². The number of carbonyl (C=O) groups is 1. The second-order valence-electron chi connectivity index (χ2n) is 4.44. The second-order valence-corrected chi connectivity index (χ2v) is 4.96. The summed E-state index contributed by atoms with van der Waals surface area (Å²) in [6.07, 6.45) is 3.37. The number of nitrogens with one attached hydrogen (secondary N) is 1. The molecule has 0 radical (unpaired) electrons. The Labute approximate surface area is 130 Å². The van der Waals surface area contributed by atoms with Gasteiger partial charge >= 0.3 is 6.09 Å². The van der Waals surface area contributed by atoms with E-state index in [1.54, 1.807) is 0 Å². The zero-order valence-electron chi connectivity index (χ0n) is 11.5. The molecule has 0 saturated carbocycles. The molecule has 0 aliphatic rings. The van der Waals surface area contributed by atoms with Crippen molar-refractivity contribution in [1.82, 2.24) is 5.32 Å². The molecule has 0 aromatic heterocycles. The highest BCUT2D eigenvalue weighted by Gasteiger charge is 2.00. The Hall–Kier alpha value is -2.20. The first-order chi connectivity index (χ1) is 10.2. The third-order valence-electron chi connectivity index (χ3n) is 2.76. The van der Waals surface area contributed by atoms with E-state index in [0.717, 1.165) is 16.0 Å². The SMILES string of the molecule is O=C(NCC=Cc1cccc(S)c1)OCc1ccccc1. The van der Waals surface area contributed by atoms with E-state index in [2.05, 4.69) is 17.9 Å². The van der Waals surface area contributed by atoms with Crippen molar-refractivity contribution in [2.24, 2.45) is 0 Å². The number of hydrogen-bond acceptors (Lipinski definition) is 3. The van der Waals surface area contributed by atoms with Gasteiger partial charge in [0.15, 0.2) is 0 Å². The van der Waals surface area contributed by atoms with Crippen LogP contribution < -0.4 is 5.32 Å². The maximum Gasteiger partial charge on any atom is 0.407 e. The fraction of sp³-hybridized carbons (Fsp3) is 0.118. The number of amides is 1. The van der Waals surface area contributed by atoms with E-state index in [9.17, 15) is 4.79 Å². The van der Waals surface area contributed by atoms with E-state index in [4.69, 9.17) is 4.74 Å². The molecule has 0 saturated heterocycles. The fourth-order valence-corrected chi connectivity index (χ4v) is 1.98. The molecule has 2 rings (SSSR count). The van der Waals surface area contributed by atoms with Crippen LogP contribution in [0, 0.1) is 0 Å². The number of thiol groups is 1. The molecule has 21 heavy (non-hydrogen) atoms. The van der Waals surface area contributed by atoms with Crippen LogP contribution in [-0.2, 0) is 11.3 Å². The summed E-state index contributed by atoms with van der Waals surface area (Å²) in [4.78, 5) is 12.4. The van der Waals surface area contributed by atoms with Gasteiger partial charge in [-0.15, -0.1) is 12.6 Å². The second kappa shape index (κ2) is 8.17. The molecule has 1 amide bonds. The number of rotatable bonds is 5. The van der Waals surface area contributed by atoms with E-state index in [1.165, 1.54) is 0 Å². The highest BCUT2D eigenvalue weighted by Crippen LogP contribution is 2.09. The minimum atomic E-state index is -0.425. The average molecular weight is 299 g/mol. The molecule has 0 atom stereocenters. The Balaban J connectivity index is 1.69. The van der Waals surface area contributed by atoms with Gasteiger partial charge in [-0.25, -0.2) is 4.79 Å². The Kier molecular flexibility index (Phi) is 5.91. The molecular weight excluding hydrogens is 282 g/mol. The molecule has 0 fully saturated rings. The van der Waals surface area contributed by atoms with Crippen LogP contribution in [0.15, 0.2) is 65.6 Å². The van der Waals surface area contributed by atoms with E-state index in [0.29, 0.717) is 6.54 Å². The molecule has 0 aliphatic carbocycles. The lowest BCUT2D eigenvalue weighted by atomic mass is 10.2. The highest BCUT2D eigenvalue weighted by atomic mass is 32.1. The van der Waals surface area contributed by atoms with Gasteiger partial charge in [0, 0.05) is 11.4 Å². The van der Waals surface area contributed by atoms with E-state index in [-0.39, 0.29) is 6.61 Å². The van der Waals surface area contributed by atoms with Crippen molar-refractivity contribution < 1.29 is 9.53 Å². The van der Waals surface area contributed by atoms with Gasteiger partial charge in [0.1, 0.15) is 6.61 Å². The van der Waals surface area contributed by atoms with Crippen LogP contribution in [0.1, 0.15) is 11.1 Å². The molecule has 0 aliphatic heterocycles. The Morgan fingerprint density at radius 3 is 2.71 bits per heavy atom. The predicted octanol–water partition coefficient (Wildman–Crippen LogP) is 3.91. The summed E-state index contributed by atoms with van der Waals surface area (Å²) in [5, 5.41) is 2.67.